The van der Waals surface area contributed by atoms with Crippen molar-refractivity contribution in [2.45, 2.75) is 13.5 Å². The maximum absolute atomic E-state index is 12.2. The molecule has 0 radical (unpaired) electrons. The minimum absolute atomic E-state index is 0.0129. The zero-order valence-electron chi connectivity index (χ0n) is 12.5. The molecule has 0 saturated carbocycles. The highest BCUT2D eigenvalue weighted by atomic mass is 32.1. The molecule has 0 aliphatic heterocycles. The predicted molar refractivity (Wildman–Crippen MR) is 85.2 cm³/mol. The van der Waals surface area contributed by atoms with Crippen molar-refractivity contribution in [2.24, 2.45) is 12.0 Å². The number of fused-ring (bicyclic) bond motifs is 1. The second kappa shape index (κ2) is 5.76. The van der Waals surface area contributed by atoms with Crippen LogP contribution in [0.15, 0.2) is 35.5 Å². The van der Waals surface area contributed by atoms with Crippen molar-refractivity contribution in [1.82, 2.24) is 14.3 Å². The fourth-order valence-electron chi connectivity index (χ4n) is 2.14. The summed E-state index contributed by atoms with van der Waals surface area (Å²) in [6, 6.07) is 6.19. The molecule has 0 unspecified atom stereocenters. The number of carbonyl (C=O) groups excluding carboxylic acids is 1. The maximum Gasteiger partial charge on any atom is 0.300 e. The Morgan fingerprint density at radius 2 is 2.22 bits per heavy atom. The average Bonchev–Trinajstić information content (AvgIpc) is 3.12. The monoisotopic (exact) mass is 331 g/mol. The van der Waals surface area contributed by atoms with E-state index in [2.05, 4.69) is 10.1 Å². The highest BCUT2D eigenvalue weighted by molar-refractivity contribution is 7.16. The lowest BCUT2D eigenvalue weighted by atomic mass is 10.3. The summed E-state index contributed by atoms with van der Waals surface area (Å²) < 4.78 is 4.09. The van der Waals surface area contributed by atoms with Crippen molar-refractivity contribution in [2.75, 3.05) is 0 Å². The lowest BCUT2D eigenvalue weighted by Gasteiger charge is -1.95. The van der Waals surface area contributed by atoms with Gasteiger partial charge in [0.25, 0.3) is 11.6 Å². The van der Waals surface area contributed by atoms with Gasteiger partial charge >= 0.3 is 0 Å². The Morgan fingerprint density at radius 1 is 1.43 bits per heavy atom. The number of nitro benzene ring substituents is 1. The van der Waals surface area contributed by atoms with Crippen LogP contribution in [0.2, 0.25) is 0 Å². The minimum Gasteiger partial charge on any atom is -0.319 e. The van der Waals surface area contributed by atoms with E-state index in [1.165, 1.54) is 23.5 Å². The van der Waals surface area contributed by atoms with Gasteiger partial charge in [0.15, 0.2) is 10.5 Å². The summed E-state index contributed by atoms with van der Waals surface area (Å²) in [5.74, 6) is -0.436. The third-order valence-electron chi connectivity index (χ3n) is 3.38. The van der Waals surface area contributed by atoms with E-state index in [-0.39, 0.29) is 11.4 Å². The van der Waals surface area contributed by atoms with Gasteiger partial charge in [-0.15, -0.1) is 0 Å². The van der Waals surface area contributed by atoms with Crippen molar-refractivity contribution in [3.05, 3.63) is 51.1 Å². The first-order valence-corrected chi connectivity index (χ1v) is 7.67. The number of aryl methyl sites for hydroxylation is 2. The van der Waals surface area contributed by atoms with Gasteiger partial charge in [-0.05, 0) is 19.1 Å². The summed E-state index contributed by atoms with van der Waals surface area (Å²) in [6.45, 7) is 2.60. The number of rotatable bonds is 3. The van der Waals surface area contributed by atoms with E-state index < -0.39 is 10.8 Å². The molecule has 0 fully saturated rings. The molecule has 0 aliphatic carbocycles. The van der Waals surface area contributed by atoms with Gasteiger partial charge < -0.3 is 4.57 Å². The van der Waals surface area contributed by atoms with E-state index in [0.29, 0.717) is 16.0 Å². The number of carbonyl (C=O) groups is 1. The Labute approximate surface area is 134 Å². The zero-order chi connectivity index (χ0) is 16.6. The minimum atomic E-state index is -0.446. The van der Waals surface area contributed by atoms with Crippen LogP contribution in [-0.2, 0) is 13.6 Å². The number of nitro groups is 1. The molecule has 23 heavy (non-hydrogen) atoms. The molecule has 1 amide bonds. The van der Waals surface area contributed by atoms with E-state index in [4.69, 9.17) is 0 Å². The maximum atomic E-state index is 12.2. The Kier molecular flexibility index (Phi) is 3.78. The quantitative estimate of drug-likeness (QED) is 0.542. The van der Waals surface area contributed by atoms with Crippen molar-refractivity contribution in [3.8, 4) is 0 Å². The van der Waals surface area contributed by atoms with Gasteiger partial charge in [-0.2, -0.15) is 10.1 Å². The molecule has 2 heterocycles. The topological polar surface area (TPSA) is 95.3 Å². The average molecular weight is 331 g/mol. The van der Waals surface area contributed by atoms with Crippen molar-refractivity contribution in [1.29, 1.82) is 0 Å². The predicted octanol–water partition coefficient (Wildman–Crippen LogP) is 2.11. The van der Waals surface area contributed by atoms with Crippen LogP contribution in [-0.4, -0.2) is 25.2 Å². The number of nitrogens with zero attached hydrogens (tertiary/aromatic N) is 5. The molecular formula is C14H13N5O3S. The summed E-state index contributed by atoms with van der Waals surface area (Å²) >= 11 is 1.23. The fraction of sp³-hybridized carbons (Fsp3) is 0.214. The molecule has 0 N–H and O–H groups in total. The molecule has 2 aromatic heterocycles. The van der Waals surface area contributed by atoms with Crippen LogP contribution in [0.4, 0.5) is 5.69 Å². The van der Waals surface area contributed by atoms with Gasteiger partial charge in [-0.25, -0.2) is 0 Å². The van der Waals surface area contributed by atoms with Gasteiger partial charge in [0.1, 0.15) is 0 Å². The van der Waals surface area contributed by atoms with E-state index in [9.17, 15) is 14.9 Å². The summed E-state index contributed by atoms with van der Waals surface area (Å²) in [5, 5.41) is 15.0. The van der Waals surface area contributed by atoms with Crippen LogP contribution in [0.1, 0.15) is 17.4 Å². The lowest BCUT2D eigenvalue weighted by Crippen LogP contribution is -2.13. The number of aromatic nitrogens is 3. The second-order valence-electron chi connectivity index (χ2n) is 4.83. The number of hydrogen-bond acceptors (Lipinski definition) is 5. The first kappa shape index (κ1) is 15.1. The third kappa shape index (κ3) is 2.78. The fourth-order valence-corrected chi connectivity index (χ4v) is 3.19. The van der Waals surface area contributed by atoms with Crippen LogP contribution < -0.4 is 4.80 Å². The lowest BCUT2D eigenvalue weighted by molar-refractivity contribution is -0.384. The van der Waals surface area contributed by atoms with Crippen LogP contribution in [0, 0.1) is 10.1 Å². The Morgan fingerprint density at radius 3 is 2.87 bits per heavy atom. The first-order valence-electron chi connectivity index (χ1n) is 6.86. The Bertz CT molecular complexity index is 982. The smallest absolute Gasteiger partial charge is 0.300 e. The van der Waals surface area contributed by atoms with Crippen LogP contribution >= 0.6 is 11.3 Å². The molecule has 9 heteroatoms. The highest BCUT2D eigenvalue weighted by Gasteiger charge is 2.12. The number of thiazole rings is 1. The molecule has 3 aromatic rings. The van der Waals surface area contributed by atoms with E-state index in [1.807, 2.05) is 6.92 Å². The Balaban J connectivity index is 2.06. The summed E-state index contributed by atoms with van der Waals surface area (Å²) in [6.07, 6.45) is 1.72. The molecule has 0 atom stereocenters. The number of amides is 1. The van der Waals surface area contributed by atoms with E-state index in [1.54, 1.807) is 34.6 Å². The van der Waals surface area contributed by atoms with E-state index >= 15 is 0 Å². The van der Waals surface area contributed by atoms with E-state index in [0.717, 1.165) is 5.52 Å². The molecule has 0 spiro atoms. The number of benzene rings is 1. The number of non-ortho nitro benzene ring substituents is 1. The largest absolute Gasteiger partial charge is 0.319 e. The highest BCUT2D eigenvalue weighted by Crippen LogP contribution is 2.22. The SMILES string of the molecule is CCn1ccc(C(=O)N=c2sc3cc([N+](=O)[O-])ccc3n2C)n1. The third-order valence-corrected chi connectivity index (χ3v) is 4.48. The van der Waals surface area contributed by atoms with Crippen LogP contribution in [0.3, 0.4) is 0 Å². The molecule has 1 aromatic carbocycles. The van der Waals surface area contributed by atoms with Gasteiger partial charge in [-0.1, -0.05) is 11.3 Å². The zero-order valence-corrected chi connectivity index (χ0v) is 13.3. The number of hydrogen-bond donors (Lipinski definition) is 0. The van der Waals surface area contributed by atoms with Gasteiger partial charge in [0, 0.05) is 31.9 Å². The summed E-state index contributed by atoms with van der Waals surface area (Å²) in [5.41, 5.74) is 1.07. The molecule has 118 valence electrons. The van der Waals surface area contributed by atoms with Gasteiger partial charge in [-0.3, -0.25) is 19.6 Å². The Hall–Kier alpha value is -2.81. The molecule has 0 saturated heterocycles. The van der Waals surface area contributed by atoms with Crippen LogP contribution in [0.25, 0.3) is 10.2 Å². The van der Waals surface area contributed by atoms with Crippen molar-refractivity contribution in [3.63, 3.8) is 0 Å². The standard InChI is InChI=1S/C14H13N5O3S/c1-3-18-7-6-10(16-18)13(20)15-14-17(2)11-5-4-9(19(21)22)8-12(11)23-14/h4-8H,3H2,1-2H3. The van der Waals surface area contributed by atoms with Gasteiger partial charge in [0.2, 0.25) is 0 Å². The summed E-state index contributed by atoms with van der Waals surface area (Å²) in [4.78, 5) is 27.1. The normalized spacial score (nSPS) is 12.0. The molecule has 8 nitrogen and oxygen atoms in total. The van der Waals surface area contributed by atoms with Crippen molar-refractivity contribution < 1.29 is 9.72 Å². The summed E-state index contributed by atoms with van der Waals surface area (Å²) in [7, 11) is 1.77. The molecular weight excluding hydrogens is 318 g/mol. The molecule has 0 bridgehead atoms. The second-order valence-corrected chi connectivity index (χ2v) is 5.84. The van der Waals surface area contributed by atoms with Gasteiger partial charge in [0.05, 0.1) is 15.1 Å². The molecule has 3 rings (SSSR count). The first-order chi connectivity index (χ1) is 11.0. The molecule has 0 aliphatic rings. The van der Waals surface area contributed by atoms with Crippen LogP contribution in [0.5, 0.6) is 0 Å². The van der Waals surface area contributed by atoms with Crippen molar-refractivity contribution >= 4 is 33.1 Å².